The third kappa shape index (κ3) is 2.31. The summed E-state index contributed by atoms with van der Waals surface area (Å²) in [6.07, 6.45) is 4.73. The summed E-state index contributed by atoms with van der Waals surface area (Å²) in [7, 11) is 0. The molecule has 9 nitrogen and oxygen atoms in total. The van der Waals surface area contributed by atoms with Gasteiger partial charge in [0.05, 0.1) is 12.7 Å². The van der Waals surface area contributed by atoms with Crippen LogP contribution in [-0.4, -0.2) is 41.6 Å². The first-order chi connectivity index (χ1) is 9.36. The zero-order chi connectivity index (χ0) is 13.1. The molecule has 0 aliphatic carbocycles. The van der Waals surface area contributed by atoms with E-state index < -0.39 is 0 Å². The van der Waals surface area contributed by atoms with Crippen LogP contribution in [0.3, 0.4) is 0 Å². The summed E-state index contributed by atoms with van der Waals surface area (Å²) in [5.41, 5.74) is 6.52. The second kappa shape index (κ2) is 4.90. The molecule has 96 valence electrons. The fourth-order valence-electron chi connectivity index (χ4n) is 1.49. The Balaban J connectivity index is 1.88. The molecule has 0 aliphatic heterocycles. The Bertz CT molecular complexity index is 661. The van der Waals surface area contributed by atoms with Crippen LogP contribution in [0.4, 0.5) is 0 Å². The lowest BCUT2D eigenvalue weighted by atomic mass is 10.4. The molecule has 3 rings (SSSR count). The van der Waals surface area contributed by atoms with Crippen LogP contribution >= 0.6 is 0 Å². The SMILES string of the molecule is NCCn1cc(-c2nc(-c3ccncn3)no2)nn1. The van der Waals surface area contributed by atoms with E-state index in [9.17, 15) is 0 Å². The van der Waals surface area contributed by atoms with E-state index in [0.717, 1.165) is 0 Å². The van der Waals surface area contributed by atoms with E-state index in [4.69, 9.17) is 10.3 Å². The van der Waals surface area contributed by atoms with Gasteiger partial charge in [-0.2, -0.15) is 4.98 Å². The van der Waals surface area contributed by atoms with Crippen LogP contribution in [0.25, 0.3) is 23.1 Å². The Kier molecular flexibility index (Phi) is 2.94. The van der Waals surface area contributed by atoms with Gasteiger partial charge in [0, 0.05) is 12.7 Å². The maximum atomic E-state index is 5.43. The highest BCUT2D eigenvalue weighted by molar-refractivity contribution is 5.52. The van der Waals surface area contributed by atoms with E-state index in [-0.39, 0.29) is 5.89 Å². The fraction of sp³-hybridized carbons (Fsp3) is 0.200. The molecule has 0 saturated heterocycles. The van der Waals surface area contributed by atoms with Gasteiger partial charge in [0.15, 0.2) is 5.69 Å². The van der Waals surface area contributed by atoms with Crippen LogP contribution in [-0.2, 0) is 6.54 Å². The molecule has 0 unspecified atom stereocenters. The van der Waals surface area contributed by atoms with Crippen molar-refractivity contribution in [3.8, 4) is 23.1 Å². The number of aromatic nitrogens is 7. The molecule has 0 atom stereocenters. The molecule has 3 aromatic heterocycles. The van der Waals surface area contributed by atoms with Gasteiger partial charge in [-0.05, 0) is 6.07 Å². The third-order valence-corrected chi connectivity index (χ3v) is 2.35. The smallest absolute Gasteiger partial charge is 0.280 e. The first-order valence-electron chi connectivity index (χ1n) is 5.57. The van der Waals surface area contributed by atoms with Crippen molar-refractivity contribution in [1.29, 1.82) is 0 Å². The van der Waals surface area contributed by atoms with Gasteiger partial charge < -0.3 is 10.3 Å². The lowest BCUT2D eigenvalue weighted by Gasteiger charge is -1.91. The van der Waals surface area contributed by atoms with E-state index >= 15 is 0 Å². The van der Waals surface area contributed by atoms with E-state index in [1.54, 1.807) is 23.1 Å². The summed E-state index contributed by atoms with van der Waals surface area (Å²) >= 11 is 0. The van der Waals surface area contributed by atoms with Crippen molar-refractivity contribution < 1.29 is 4.52 Å². The molecule has 9 heteroatoms. The molecule has 0 bridgehead atoms. The standard InChI is InChI=1S/C10H10N8O/c11-2-4-18-5-8(15-17-18)10-14-9(16-19-10)7-1-3-12-6-13-7/h1,3,5-6H,2,4,11H2. The highest BCUT2D eigenvalue weighted by Crippen LogP contribution is 2.18. The minimum atomic E-state index is 0.289. The second-order valence-electron chi connectivity index (χ2n) is 3.67. The predicted octanol–water partition coefficient (Wildman–Crippen LogP) is -0.256. The normalized spacial score (nSPS) is 10.8. The van der Waals surface area contributed by atoms with Crippen molar-refractivity contribution >= 4 is 0 Å². The molecule has 19 heavy (non-hydrogen) atoms. The molecule has 0 spiro atoms. The quantitative estimate of drug-likeness (QED) is 0.679. The highest BCUT2D eigenvalue weighted by atomic mass is 16.5. The summed E-state index contributed by atoms with van der Waals surface area (Å²) in [6, 6.07) is 1.69. The molecule has 3 aromatic rings. The van der Waals surface area contributed by atoms with Crippen LogP contribution in [0.1, 0.15) is 0 Å². The number of nitrogens with zero attached hydrogens (tertiary/aromatic N) is 7. The van der Waals surface area contributed by atoms with Crippen LogP contribution in [0.5, 0.6) is 0 Å². The minimum absolute atomic E-state index is 0.289. The first kappa shape index (κ1) is 11.4. The van der Waals surface area contributed by atoms with E-state index in [1.807, 2.05) is 0 Å². The van der Waals surface area contributed by atoms with Gasteiger partial charge in [0.25, 0.3) is 5.89 Å². The van der Waals surface area contributed by atoms with Crippen molar-refractivity contribution in [3.05, 3.63) is 24.8 Å². The Morgan fingerprint density at radius 3 is 3.05 bits per heavy atom. The number of hydrogen-bond donors (Lipinski definition) is 1. The van der Waals surface area contributed by atoms with Crippen molar-refractivity contribution in [2.45, 2.75) is 6.54 Å². The Hall–Kier alpha value is -2.68. The second-order valence-corrected chi connectivity index (χ2v) is 3.67. The molecule has 0 amide bonds. The topological polar surface area (TPSA) is 121 Å². The highest BCUT2D eigenvalue weighted by Gasteiger charge is 2.14. The van der Waals surface area contributed by atoms with Crippen molar-refractivity contribution in [2.75, 3.05) is 6.54 Å². The van der Waals surface area contributed by atoms with Gasteiger partial charge >= 0.3 is 0 Å². The number of hydrogen-bond acceptors (Lipinski definition) is 8. The van der Waals surface area contributed by atoms with Crippen LogP contribution in [0, 0.1) is 0 Å². The number of rotatable bonds is 4. The van der Waals surface area contributed by atoms with Crippen LogP contribution in [0.2, 0.25) is 0 Å². The van der Waals surface area contributed by atoms with Gasteiger partial charge in [0.1, 0.15) is 12.0 Å². The monoisotopic (exact) mass is 258 g/mol. The Morgan fingerprint density at radius 2 is 2.26 bits per heavy atom. The van der Waals surface area contributed by atoms with Gasteiger partial charge in [-0.3, -0.25) is 4.68 Å². The lowest BCUT2D eigenvalue weighted by Crippen LogP contribution is -2.10. The van der Waals surface area contributed by atoms with Gasteiger partial charge in [-0.1, -0.05) is 10.4 Å². The minimum Gasteiger partial charge on any atom is -0.332 e. The maximum Gasteiger partial charge on any atom is 0.280 e. The first-order valence-corrected chi connectivity index (χ1v) is 5.57. The van der Waals surface area contributed by atoms with Crippen LogP contribution < -0.4 is 5.73 Å². The zero-order valence-electron chi connectivity index (χ0n) is 9.84. The van der Waals surface area contributed by atoms with Gasteiger partial charge in [0.2, 0.25) is 5.82 Å². The predicted molar refractivity (Wildman–Crippen MR) is 63.4 cm³/mol. The number of nitrogens with two attached hydrogens (primary N) is 1. The molecule has 3 heterocycles. The van der Waals surface area contributed by atoms with Crippen LogP contribution in [0.15, 0.2) is 29.3 Å². The summed E-state index contributed by atoms with van der Waals surface area (Å²) in [5.74, 6) is 0.669. The Labute approximate surface area is 107 Å². The molecule has 0 saturated carbocycles. The molecular weight excluding hydrogens is 248 g/mol. The molecule has 0 fully saturated rings. The molecule has 0 radical (unpaired) electrons. The summed E-state index contributed by atoms with van der Waals surface area (Å²) in [4.78, 5) is 12.1. The molecule has 0 aliphatic rings. The summed E-state index contributed by atoms with van der Waals surface area (Å²) in [5, 5.41) is 11.7. The zero-order valence-corrected chi connectivity index (χ0v) is 9.84. The molecule has 2 N–H and O–H groups in total. The van der Waals surface area contributed by atoms with Crippen molar-refractivity contribution in [3.63, 3.8) is 0 Å². The van der Waals surface area contributed by atoms with Gasteiger partial charge in [-0.25, -0.2) is 9.97 Å². The van der Waals surface area contributed by atoms with Crippen molar-refractivity contribution in [1.82, 2.24) is 35.1 Å². The van der Waals surface area contributed by atoms with E-state index in [0.29, 0.717) is 30.3 Å². The molecular formula is C10H10N8O. The Morgan fingerprint density at radius 1 is 1.32 bits per heavy atom. The fourth-order valence-corrected chi connectivity index (χ4v) is 1.49. The largest absolute Gasteiger partial charge is 0.332 e. The summed E-state index contributed by atoms with van der Waals surface area (Å²) in [6.45, 7) is 1.07. The van der Waals surface area contributed by atoms with E-state index in [1.165, 1.54) is 6.33 Å². The lowest BCUT2D eigenvalue weighted by molar-refractivity contribution is 0.430. The molecule has 0 aromatic carbocycles. The summed E-state index contributed by atoms with van der Waals surface area (Å²) < 4.78 is 6.74. The van der Waals surface area contributed by atoms with E-state index in [2.05, 4.69) is 30.4 Å². The van der Waals surface area contributed by atoms with Gasteiger partial charge in [-0.15, -0.1) is 5.10 Å². The average molecular weight is 258 g/mol. The van der Waals surface area contributed by atoms with Crippen molar-refractivity contribution in [2.24, 2.45) is 5.73 Å². The maximum absolute atomic E-state index is 5.43. The average Bonchev–Trinajstić information content (AvgIpc) is 3.08. The third-order valence-electron chi connectivity index (χ3n) is 2.35.